The van der Waals surface area contributed by atoms with Gasteiger partial charge in [0.15, 0.2) is 6.61 Å². The highest BCUT2D eigenvalue weighted by Gasteiger charge is 2.50. The summed E-state index contributed by atoms with van der Waals surface area (Å²) in [4.78, 5) is 56.0. The monoisotopic (exact) mass is 766 g/mol. The van der Waals surface area contributed by atoms with E-state index in [9.17, 15) is 29.4 Å². The average Bonchev–Trinajstić information content (AvgIpc) is 3.78. The van der Waals surface area contributed by atoms with Crippen LogP contribution in [0, 0.1) is 5.41 Å². The molecule has 0 spiro atoms. The predicted molar refractivity (Wildman–Crippen MR) is 209 cm³/mol. The fourth-order valence-corrected chi connectivity index (χ4v) is 7.94. The van der Waals surface area contributed by atoms with Crippen LogP contribution in [0.4, 0.5) is 5.69 Å². The first-order valence-corrected chi connectivity index (χ1v) is 19.0. The molecule has 55 heavy (non-hydrogen) atoms. The fraction of sp³-hybridized carbons (Fsp3) is 0.349. The van der Waals surface area contributed by atoms with E-state index in [1.54, 1.807) is 70.5 Å². The number of aliphatic carboxylic acids is 1. The van der Waals surface area contributed by atoms with Crippen molar-refractivity contribution in [3.05, 3.63) is 131 Å². The molecule has 0 aromatic heterocycles. The summed E-state index contributed by atoms with van der Waals surface area (Å²) < 4.78 is 5.89. The highest BCUT2D eigenvalue weighted by molar-refractivity contribution is 6.30. The smallest absolute Gasteiger partial charge is 0.321 e. The number of nitrogens with zero attached hydrogens (tertiary/aromatic N) is 2. The SMILES string of the molecule is CC(=O)NCCC1([C@H](O)NC(Cc2ccc(N3C(=O)[C@@H](Cc4ccccc4)N(C(=O)COc4ccccc4)C3c3ccc(Cl)cc3)cc2)C(=O)O)CCCC1. The molecule has 288 valence electrons. The lowest BCUT2D eigenvalue weighted by atomic mass is 9.80. The lowest BCUT2D eigenvalue weighted by Gasteiger charge is -2.36. The summed E-state index contributed by atoms with van der Waals surface area (Å²) in [6, 6.07) is 30.7. The first kappa shape index (κ1) is 39.5. The van der Waals surface area contributed by atoms with Crippen molar-refractivity contribution in [1.82, 2.24) is 15.5 Å². The quantitative estimate of drug-likeness (QED) is 0.103. The van der Waals surface area contributed by atoms with E-state index >= 15 is 0 Å². The van der Waals surface area contributed by atoms with E-state index in [1.807, 2.05) is 48.5 Å². The largest absolute Gasteiger partial charge is 0.484 e. The molecule has 12 heteroatoms. The molecule has 1 aliphatic carbocycles. The molecule has 4 atom stereocenters. The molecule has 1 saturated carbocycles. The number of para-hydroxylation sites is 1. The van der Waals surface area contributed by atoms with Crippen LogP contribution in [0.3, 0.4) is 0 Å². The summed E-state index contributed by atoms with van der Waals surface area (Å²) in [6.45, 7) is 1.55. The number of hydrogen-bond acceptors (Lipinski definition) is 7. The maximum atomic E-state index is 14.6. The van der Waals surface area contributed by atoms with E-state index in [1.165, 1.54) is 6.92 Å². The number of hydrogen-bond donors (Lipinski definition) is 4. The molecule has 2 aliphatic rings. The van der Waals surface area contributed by atoms with Gasteiger partial charge in [-0.1, -0.05) is 97.2 Å². The van der Waals surface area contributed by atoms with Gasteiger partial charge < -0.3 is 25.2 Å². The Morgan fingerprint density at radius 1 is 0.891 bits per heavy atom. The van der Waals surface area contributed by atoms with Crippen molar-refractivity contribution in [2.45, 2.75) is 76.3 Å². The normalized spacial score (nSPS) is 18.9. The molecule has 0 bridgehead atoms. The number of halogens is 1. The molecule has 1 aliphatic heterocycles. The van der Waals surface area contributed by atoms with Gasteiger partial charge in [0.25, 0.3) is 11.8 Å². The molecule has 6 rings (SSSR count). The van der Waals surface area contributed by atoms with Crippen LogP contribution < -0.4 is 20.3 Å². The summed E-state index contributed by atoms with van der Waals surface area (Å²) in [7, 11) is 0. The first-order chi connectivity index (χ1) is 26.5. The maximum absolute atomic E-state index is 14.6. The number of ether oxygens (including phenoxy) is 1. The molecule has 0 radical (unpaired) electrons. The van der Waals surface area contributed by atoms with Crippen molar-refractivity contribution >= 4 is 41.0 Å². The standard InChI is InChI=1S/C43H47ClN4O7/c1-29(49)45-25-24-43(22-8-9-23-43)42(54)46-36(41(52)53)26-31-14-20-34(21-15-31)47-39(32-16-18-33(44)19-17-32)48(38(50)28-55-35-12-6-3-7-13-35)37(40(47)51)27-30-10-4-2-5-11-30/h2-7,10-21,36-37,39,42,46,54H,8-9,22-28H2,1H3,(H,45,49)(H,52,53)/t36?,37-,39?,42+/m1/s1. The Labute approximate surface area is 326 Å². The number of carbonyl (C=O) groups is 4. The third kappa shape index (κ3) is 9.54. The highest BCUT2D eigenvalue weighted by atomic mass is 35.5. The molecular weight excluding hydrogens is 720 g/mol. The van der Waals surface area contributed by atoms with Gasteiger partial charge in [0, 0.05) is 36.0 Å². The zero-order valence-electron chi connectivity index (χ0n) is 30.8. The molecule has 11 nitrogen and oxygen atoms in total. The van der Waals surface area contributed by atoms with Crippen molar-refractivity contribution in [1.29, 1.82) is 0 Å². The number of carbonyl (C=O) groups excluding carboxylic acids is 3. The molecule has 1 saturated heterocycles. The van der Waals surface area contributed by atoms with Gasteiger partial charge in [-0.3, -0.25) is 29.4 Å². The number of nitrogens with one attached hydrogen (secondary N) is 2. The fourth-order valence-electron chi connectivity index (χ4n) is 7.82. The second-order valence-electron chi connectivity index (χ2n) is 14.4. The molecule has 3 amide bonds. The number of anilines is 1. The van der Waals surface area contributed by atoms with Gasteiger partial charge in [-0.05, 0) is 78.8 Å². The van der Waals surface area contributed by atoms with Crippen LogP contribution in [-0.2, 0) is 32.0 Å². The van der Waals surface area contributed by atoms with Crippen LogP contribution in [-0.4, -0.2) is 70.3 Å². The summed E-state index contributed by atoms with van der Waals surface area (Å²) >= 11 is 6.28. The molecular formula is C43H47ClN4O7. The van der Waals surface area contributed by atoms with Crippen molar-refractivity contribution in [2.75, 3.05) is 18.1 Å². The van der Waals surface area contributed by atoms with Gasteiger partial charge >= 0.3 is 5.97 Å². The minimum absolute atomic E-state index is 0.0705. The number of amides is 3. The molecule has 4 aromatic carbocycles. The highest BCUT2D eigenvalue weighted by Crippen LogP contribution is 2.44. The number of aliphatic hydroxyl groups is 1. The topological polar surface area (TPSA) is 149 Å². The van der Waals surface area contributed by atoms with Gasteiger partial charge in [0.1, 0.15) is 30.2 Å². The molecule has 4 N–H and O–H groups in total. The van der Waals surface area contributed by atoms with Crippen LogP contribution in [0.5, 0.6) is 5.75 Å². The van der Waals surface area contributed by atoms with Crippen molar-refractivity contribution in [3.63, 3.8) is 0 Å². The molecule has 1 heterocycles. The van der Waals surface area contributed by atoms with E-state index < -0.39 is 35.9 Å². The van der Waals surface area contributed by atoms with Gasteiger partial charge in [-0.15, -0.1) is 0 Å². The Hall–Kier alpha value is -5.23. The van der Waals surface area contributed by atoms with Gasteiger partial charge in [0.2, 0.25) is 5.91 Å². The van der Waals surface area contributed by atoms with Crippen LogP contribution >= 0.6 is 11.6 Å². The number of carboxylic acids is 1. The Morgan fingerprint density at radius 3 is 2.15 bits per heavy atom. The number of benzene rings is 4. The van der Waals surface area contributed by atoms with Crippen molar-refractivity contribution in [3.8, 4) is 5.75 Å². The third-order valence-corrected chi connectivity index (χ3v) is 10.9. The van der Waals surface area contributed by atoms with Crippen LogP contribution in [0.1, 0.15) is 61.9 Å². The Morgan fingerprint density at radius 2 is 1.53 bits per heavy atom. The molecule has 4 aromatic rings. The summed E-state index contributed by atoms with van der Waals surface area (Å²) in [5.41, 5.74) is 2.22. The van der Waals surface area contributed by atoms with Crippen LogP contribution in [0.2, 0.25) is 5.02 Å². The van der Waals surface area contributed by atoms with E-state index in [2.05, 4.69) is 10.6 Å². The summed E-state index contributed by atoms with van der Waals surface area (Å²) in [6.07, 6.45) is 2.25. The Kier molecular flexibility index (Phi) is 12.9. The van der Waals surface area contributed by atoms with Crippen LogP contribution in [0.15, 0.2) is 109 Å². The number of carboxylic acid groups (broad SMARTS) is 1. The zero-order chi connectivity index (χ0) is 39.0. The third-order valence-electron chi connectivity index (χ3n) is 10.7. The van der Waals surface area contributed by atoms with Crippen molar-refractivity contribution in [2.24, 2.45) is 5.41 Å². The average molecular weight is 767 g/mol. The van der Waals surface area contributed by atoms with Gasteiger partial charge in [-0.25, -0.2) is 0 Å². The van der Waals surface area contributed by atoms with Crippen LogP contribution in [0.25, 0.3) is 0 Å². The van der Waals surface area contributed by atoms with E-state index in [4.69, 9.17) is 16.3 Å². The first-order valence-electron chi connectivity index (χ1n) is 18.7. The minimum atomic E-state index is -1.11. The van der Waals surface area contributed by atoms with Crippen molar-refractivity contribution < 1.29 is 34.1 Å². The second-order valence-corrected chi connectivity index (χ2v) is 14.8. The maximum Gasteiger partial charge on any atom is 0.321 e. The number of aliphatic hydroxyl groups excluding tert-OH is 1. The zero-order valence-corrected chi connectivity index (χ0v) is 31.5. The molecule has 2 fully saturated rings. The van der Waals surface area contributed by atoms with E-state index in [-0.39, 0.29) is 37.2 Å². The second kappa shape index (κ2) is 17.9. The van der Waals surface area contributed by atoms with Gasteiger partial charge in [-0.2, -0.15) is 0 Å². The Balaban J connectivity index is 1.27. The summed E-state index contributed by atoms with van der Waals surface area (Å²) in [5, 5.41) is 27.8. The number of rotatable bonds is 16. The van der Waals surface area contributed by atoms with Gasteiger partial charge in [0.05, 0.1) is 0 Å². The Bertz CT molecular complexity index is 1920. The predicted octanol–water partition coefficient (Wildman–Crippen LogP) is 5.89. The minimum Gasteiger partial charge on any atom is -0.484 e. The van der Waals surface area contributed by atoms with E-state index in [0.717, 1.165) is 31.2 Å². The summed E-state index contributed by atoms with van der Waals surface area (Å²) in [5.74, 6) is -1.38. The lowest BCUT2D eigenvalue weighted by molar-refractivity contribution is -0.141. The van der Waals surface area contributed by atoms with E-state index in [0.29, 0.717) is 40.6 Å². The lowest BCUT2D eigenvalue weighted by Crippen LogP contribution is -2.52. The molecule has 2 unspecified atom stereocenters.